The Morgan fingerprint density at radius 3 is 2.63 bits per heavy atom. The lowest BCUT2D eigenvalue weighted by Gasteiger charge is -2.35. The number of amides is 6. The number of halogens is 1. The second-order valence-electron chi connectivity index (χ2n) is 18.3. The zero-order chi connectivity index (χ0) is 47.4. The van der Waals surface area contributed by atoms with Crippen LogP contribution in [0.25, 0.3) is 10.8 Å². The average Bonchev–Trinajstić information content (AvgIpc) is 3.75. The molecule has 0 bridgehead atoms. The van der Waals surface area contributed by atoms with Gasteiger partial charge in [0.2, 0.25) is 17.7 Å². The number of methoxy groups -OCH3 is 1. The Morgan fingerprint density at radius 1 is 1.07 bits per heavy atom. The van der Waals surface area contributed by atoms with Gasteiger partial charge in [0, 0.05) is 80.2 Å². The molecule has 0 radical (unpaired) electrons. The molecular formula is C49H59FN8O9. The van der Waals surface area contributed by atoms with Gasteiger partial charge in [-0.1, -0.05) is 24.8 Å². The van der Waals surface area contributed by atoms with Crippen molar-refractivity contribution in [3.63, 3.8) is 0 Å². The van der Waals surface area contributed by atoms with Gasteiger partial charge in [0.1, 0.15) is 18.4 Å². The van der Waals surface area contributed by atoms with Gasteiger partial charge < -0.3 is 35.5 Å². The summed E-state index contributed by atoms with van der Waals surface area (Å²) in [4.78, 5) is 85.7. The summed E-state index contributed by atoms with van der Waals surface area (Å²) in [7, 11) is 3.62. The van der Waals surface area contributed by atoms with Crippen molar-refractivity contribution < 1.29 is 47.4 Å². The highest BCUT2D eigenvalue weighted by molar-refractivity contribution is 6.25. The molecule has 5 N–H and O–H groups in total. The van der Waals surface area contributed by atoms with Crippen molar-refractivity contribution in [3.05, 3.63) is 58.8 Å². The Labute approximate surface area is 389 Å². The number of alkyl halides is 1. The van der Waals surface area contributed by atoms with Crippen molar-refractivity contribution in [2.24, 2.45) is 23.5 Å². The van der Waals surface area contributed by atoms with Crippen LogP contribution in [-0.2, 0) is 19.1 Å². The van der Waals surface area contributed by atoms with E-state index in [1.54, 1.807) is 36.5 Å². The number of nitrogens with two attached hydrogens (primary N) is 1. The molecule has 3 saturated heterocycles. The molecular weight excluding hydrogens is 864 g/mol. The molecule has 5 heterocycles. The molecule has 67 heavy (non-hydrogen) atoms. The van der Waals surface area contributed by atoms with Gasteiger partial charge in [0.25, 0.3) is 23.6 Å². The second kappa shape index (κ2) is 20.8. The Kier molecular flexibility index (Phi) is 14.7. The summed E-state index contributed by atoms with van der Waals surface area (Å²) in [5.41, 5.74) is 7.56. The fourth-order valence-electron chi connectivity index (χ4n) is 10.1. The minimum Gasteiger partial charge on any atom is -0.496 e. The number of primary amides is 1. The number of benzene rings is 2. The lowest BCUT2D eigenvalue weighted by Crippen LogP contribution is -2.54. The van der Waals surface area contributed by atoms with Crippen LogP contribution < -0.4 is 31.2 Å². The number of nitrogens with one attached hydrogen (secondary N) is 3. The minimum absolute atomic E-state index is 0.00212. The van der Waals surface area contributed by atoms with Gasteiger partial charge in [0.15, 0.2) is 6.17 Å². The molecule has 18 heteroatoms. The number of anilines is 1. The molecule has 2 aromatic carbocycles. The number of hydrogen-bond donors (Lipinski definition) is 4. The van der Waals surface area contributed by atoms with E-state index < -0.39 is 59.6 Å². The molecule has 8 rings (SSSR count). The van der Waals surface area contributed by atoms with Gasteiger partial charge in [-0.25, -0.2) is 9.37 Å². The number of likely N-dealkylation sites (N-methyl/N-ethyl adjacent to an activating group) is 1. The maximum Gasteiger partial charge on any atom is 0.264 e. The average molecular weight is 923 g/mol. The van der Waals surface area contributed by atoms with Gasteiger partial charge in [-0.3, -0.25) is 43.9 Å². The third kappa shape index (κ3) is 10.4. The van der Waals surface area contributed by atoms with Crippen LogP contribution in [0.3, 0.4) is 0 Å². The second-order valence-corrected chi connectivity index (χ2v) is 18.3. The largest absolute Gasteiger partial charge is 0.496 e. The van der Waals surface area contributed by atoms with E-state index in [1.165, 1.54) is 7.11 Å². The van der Waals surface area contributed by atoms with E-state index >= 15 is 0 Å². The molecule has 3 aromatic rings. The molecule has 1 saturated carbocycles. The predicted molar refractivity (Wildman–Crippen MR) is 245 cm³/mol. The summed E-state index contributed by atoms with van der Waals surface area (Å²) in [6.07, 6.45) is 5.40. The number of aromatic nitrogens is 1. The van der Waals surface area contributed by atoms with Crippen LogP contribution >= 0.6 is 0 Å². The first-order chi connectivity index (χ1) is 32.3. The Bertz CT molecular complexity index is 2480. The number of carbonyl (C=O) groups excluding carboxylic acids is 6. The van der Waals surface area contributed by atoms with Crippen molar-refractivity contribution in [1.29, 1.82) is 0 Å². The van der Waals surface area contributed by atoms with E-state index in [4.69, 9.17) is 19.9 Å². The molecule has 17 nitrogen and oxygen atoms in total. The predicted octanol–water partition coefficient (Wildman–Crippen LogP) is 3.28. The van der Waals surface area contributed by atoms with Crippen LogP contribution in [0.15, 0.2) is 36.5 Å². The zero-order valence-electron chi connectivity index (χ0n) is 38.2. The summed E-state index contributed by atoms with van der Waals surface area (Å²) in [6.45, 7) is 7.46. The molecule has 0 spiro atoms. The maximum atomic E-state index is 14.5. The van der Waals surface area contributed by atoms with Crippen LogP contribution in [0.1, 0.15) is 94.9 Å². The topological polar surface area (TPSA) is 215 Å². The Balaban J connectivity index is 0.797. The van der Waals surface area contributed by atoms with Crippen LogP contribution in [-0.4, -0.2) is 146 Å². The fourth-order valence-corrected chi connectivity index (χ4v) is 10.1. The highest BCUT2D eigenvalue weighted by Gasteiger charge is 2.46. The van der Waals surface area contributed by atoms with Gasteiger partial charge in [-0.15, -0.1) is 0 Å². The monoisotopic (exact) mass is 922 g/mol. The molecule has 4 fully saturated rings. The maximum absolute atomic E-state index is 14.5. The zero-order valence-corrected chi connectivity index (χ0v) is 38.2. The van der Waals surface area contributed by atoms with E-state index in [-0.39, 0.29) is 59.8 Å². The third-order valence-electron chi connectivity index (χ3n) is 13.9. The number of imide groups is 2. The molecule has 2 unspecified atom stereocenters. The number of fused-ring (bicyclic) bond motifs is 2. The van der Waals surface area contributed by atoms with Crippen molar-refractivity contribution in [3.8, 4) is 23.5 Å². The number of morpholine rings is 1. The molecule has 1 aromatic heterocycles. The normalized spacial score (nSPS) is 25.4. The first-order valence-corrected chi connectivity index (χ1v) is 23.3. The van der Waals surface area contributed by atoms with Crippen molar-refractivity contribution in [2.45, 2.75) is 82.6 Å². The van der Waals surface area contributed by atoms with Crippen LogP contribution in [0, 0.1) is 29.6 Å². The number of rotatable bonds is 16. The van der Waals surface area contributed by atoms with E-state index in [0.29, 0.717) is 53.9 Å². The first kappa shape index (κ1) is 47.3. The van der Waals surface area contributed by atoms with E-state index in [1.807, 2.05) is 6.92 Å². The third-order valence-corrected chi connectivity index (χ3v) is 13.9. The van der Waals surface area contributed by atoms with Crippen molar-refractivity contribution >= 4 is 51.9 Å². The van der Waals surface area contributed by atoms with Crippen LogP contribution in [0.5, 0.6) is 11.6 Å². The van der Waals surface area contributed by atoms with E-state index in [2.05, 4.69) is 49.6 Å². The first-order valence-electron chi connectivity index (χ1n) is 23.3. The quantitative estimate of drug-likeness (QED) is 0.120. The molecule has 1 aliphatic carbocycles. The molecule has 6 amide bonds. The number of piperidine rings is 1. The summed E-state index contributed by atoms with van der Waals surface area (Å²) in [6, 6.07) is 6.83. The number of hydrogen-bond acceptors (Lipinski definition) is 13. The number of pyridine rings is 1. The number of carbonyl (C=O) groups is 6. The highest BCUT2D eigenvalue weighted by atomic mass is 19.1. The summed E-state index contributed by atoms with van der Waals surface area (Å²) >= 11 is 0. The lowest BCUT2D eigenvalue weighted by molar-refractivity contribution is -0.136. The molecule has 4 aliphatic heterocycles. The van der Waals surface area contributed by atoms with E-state index in [9.17, 15) is 33.2 Å². The standard InChI is InChI=1S/C49H59FN8O9/c1-4-32-38(54-46(62)43(32)50)27-67-47-35-23-40(65-3)36(44(51)60)22-34(35)30(24-53-47)13-12-28-8-10-29(11-9-28)25-56(2)18-19-57-20-21-66-31(26-57)16-17-52-37-7-5-6-33-42(37)49(64)58(48(33)63)39-14-15-41(59)55-45(39)61/h5-7,22-24,28-29,31-32,38-39,43,52H,4,8-11,14-21,25-27H2,1-3H3,(H2,51,60)(H,54,62)(H,55,59,61)/t28-,29-,31-,32+,38?,39?,43+/m1/s1. The van der Waals surface area contributed by atoms with Gasteiger partial charge in [-0.05, 0) is 82.2 Å². The number of nitrogens with zero attached hydrogens (tertiary/aromatic N) is 4. The molecule has 5 atom stereocenters. The molecule has 356 valence electrons. The van der Waals surface area contributed by atoms with Crippen LogP contribution in [0.2, 0.25) is 0 Å². The van der Waals surface area contributed by atoms with Crippen LogP contribution in [0.4, 0.5) is 10.1 Å². The minimum atomic E-state index is -1.59. The van der Waals surface area contributed by atoms with E-state index in [0.717, 1.165) is 63.3 Å². The summed E-state index contributed by atoms with van der Waals surface area (Å²) < 4.78 is 32.1. The lowest BCUT2D eigenvalue weighted by atomic mass is 9.82. The summed E-state index contributed by atoms with van der Waals surface area (Å²) in [5, 5.41) is 9.45. The number of ether oxygens (including phenoxy) is 3. The molecule has 5 aliphatic rings. The van der Waals surface area contributed by atoms with Gasteiger partial charge >= 0.3 is 0 Å². The fraction of sp³-hybridized carbons (Fsp3) is 0.531. The highest BCUT2D eigenvalue weighted by Crippen LogP contribution is 2.36. The SMILES string of the molecule is CC[C@H]1C(COc2ncc(C#C[C@H]3CC[C@H](CN(C)CCN4CCO[C@H](CCNc5cccc6c5C(=O)N(C5CCC(=O)NC5=O)C6=O)C4)CC3)c3cc(C(N)=O)c(OC)cc23)NC(=O)[C@H]1F. The van der Waals surface area contributed by atoms with Gasteiger partial charge in [0.05, 0.1) is 48.1 Å². The smallest absolute Gasteiger partial charge is 0.264 e. The van der Waals surface area contributed by atoms with Crippen molar-refractivity contribution in [1.82, 2.24) is 30.3 Å². The Hall–Kier alpha value is -6.16. The van der Waals surface area contributed by atoms with Crippen molar-refractivity contribution in [2.75, 3.05) is 72.0 Å². The Morgan fingerprint density at radius 2 is 1.88 bits per heavy atom. The van der Waals surface area contributed by atoms with Gasteiger partial charge in [-0.2, -0.15) is 0 Å². The summed E-state index contributed by atoms with van der Waals surface area (Å²) in [5.74, 6) is 4.16.